The van der Waals surface area contributed by atoms with Gasteiger partial charge in [-0.05, 0) is 30.7 Å². The van der Waals surface area contributed by atoms with E-state index in [0.29, 0.717) is 12.1 Å². The van der Waals surface area contributed by atoms with Crippen LogP contribution in [0.3, 0.4) is 0 Å². The third-order valence-electron chi connectivity index (χ3n) is 3.95. The lowest BCUT2D eigenvalue weighted by molar-refractivity contribution is -0.139. The van der Waals surface area contributed by atoms with Gasteiger partial charge in [0.05, 0.1) is 18.1 Å². The van der Waals surface area contributed by atoms with Gasteiger partial charge in [-0.15, -0.1) is 0 Å². The highest BCUT2D eigenvalue weighted by Crippen LogP contribution is 2.08. The summed E-state index contributed by atoms with van der Waals surface area (Å²) in [6.45, 7) is 4.62. The van der Waals surface area contributed by atoms with Crippen molar-refractivity contribution in [3.8, 4) is 0 Å². The minimum atomic E-state index is -3.75. The lowest BCUT2D eigenvalue weighted by Gasteiger charge is -2.26. The maximum absolute atomic E-state index is 11.8. The molecule has 1 heterocycles. The molecule has 10 heteroatoms. The number of nitrogens with two attached hydrogens (primary N) is 1. The molecule has 1 saturated heterocycles. The quantitative estimate of drug-likeness (QED) is 0.399. The molecule has 0 radical (unpaired) electrons. The average Bonchev–Trinajstić information content (AvgIpc) is 2.63. The molecule has 26 heavy (non-hydrogen) atoms. The third-order valence-corrected chi connectivity index (χ3v) is 4.88. The zero-order valence-corrected chi connectivity index (χ0v) is 15.3. The number of carbonyl (C=O) groups excluding carboxylic acids is 2. The van der Waals surface area contributed by atoms with E-state index in [9.17, 15) is 18.0 Å². The number of hydrogen-bond donors (Lipinski definition) is 3. The first-order valence-electron chi connectivity index (χ1n) is 8.34. The topological polar surface area (TPSA) is 131 Å². The Morgan fingerprint density at radius 2 is 1.69 bits per heavy atom. The summed E-state index contributed by atoms with van der Waals surface area (Å²) in [7, 11) is -3.75. The van der Waals surface area contributed by atoms with Crippen molar-refractivity contribution < 1.29 is 22.7 Å². The molecule has 1 aromatic carbocycles. The van der Waals surface area contributed by atoms with Crippen LogP contribution >= 0.6 is 0 Å². The Hall–Kier alpha value is -2.01. The van der Waals surface area contributed by atoms with Gasteiger partial charge in [0.15, 0.2) is 0 Å². The van der Waals surface area contributed by atoms with Crippen LogP contribution < -0.4 is 15.8 Å². The van der Waals surface area contributed by atoms with Crippen LogP contribution in [0.2, 0.25) is 0 Å². The normalized spacial score (nSPS) is 15.4. The Balaban J connectivity index is 1.66. The van der Waals surface area contributed by atoms with Crippen molar-refractivity contribution in [2.24, 2.45) is 5.14 Å². The molecule has 1 fully saturated rings. The molecule has 0 aromatic heterocycles. The molecular formula is C16H24N4O5S. The fraction of sp³-hybridized carbons (Fsp3) is 0.500. The largest absolute Gasteiger partial charge is 0.379 e. The van der Waals surface area contributed by atoms with E-state index >= 15 is 0 Å². The molecule has 9 nitrogen and oxygen atoms in total. The molecule has 2 rings (SSSR count). The Morgan fingerprint density at radius 1 is 1.08 bits per heavy atom. The summed E-state index contributed by atoms with van der Waals surface area (Å²) >= 11 is 0. The number of amides is 2. The summed E-state index contributed by atoms with van der Waals surface area (Å²) in [5.74, 6) is -1.42. The molecule has 0 saturated carbocycles. The van der Waals surface area contributed by atoms with Gasteiger partial charge >= 0.3 is 11.8 Å². The Morgan fingerprint density at radius 3 is 2.31 bits per heavy atom. The van der Waals surface area contributed by atoms with Gasteiger partial charge in [-0.3, -0.25) is 14.5 Å². The van der Waals surface area contributed by atoms with Crippen molar-refractivity contribution in [3.05, 3.63) is 29.8 Å². The zero-order chi connectivity index (χ0) is 19.0. The summed E-state index contributed by atoms with van der Waals surface area (Å²) < 4.78 is 27.6. The SMILES string of the molecule is NS(=O)(=O)c1ccc(CNC(=O)C(=O)NCCCN2CCOCC2)cc1. The number of nitrogens with zero attached hydrogens (tertiary/aromatic N) is 1. The van der Waals surface area contributed by atoms with Gasteiger partial charge in [0, 0.05) is 26.2 Å². The second kappa shape index (κ2) is 9.62. The van der Waals surface area contributed by atoms with Gasteiger partial charge in [0.2, 0.25) is 10.0 Å². The Labute approximate surface area is 152 Å². The van der Waals surface area contributed by atoms with E-state index < -0.39 is 21.8 Å². The number of primary sulfonamides is 1. The predicted molar refractivity (Wildman–Crippen MR) is 94.5 cm³/mol. The first kappa shape index (κ1) is 20.3. The van der Waals surface area contributed by atoms with E-state index in [4.69, 9.17) is 9.88 Å². The summed E-state index contributed by atoms with van der Waals surface area (Å²) in [5, 5.41) is 10.1. The number of rotatable bonds is 7. The molecule has 0 aliphatic carbocycles. The van der Waals surface area contributed by atoms with Crippen LogP contribution in [0.25, 0.3) is 0 Å². The number of benzene rings is 1. The van der Waals surface area contributed by atoms with Crippen molar-refractivity contribution in [2.45, 2.75) is 17.9 Å². The van der Waals surface area contributed by atoms with E-state index in [1.54, 1.807) is 0 Å². The molecule has 144 valence electrons. The van der Waals surface area contributed by atoms with Gasteiger partial charge in [0.25, 0.3) is 0 Å². The van der Waals surface area contributed by atoms with Crippen LogP contribution in [0.4, 0.5) is 0 Å². The number of morpholine rings is 1. The summed E-state index contributed by atoms with van der Waals surface area (Å²) in [5.41, 5.74) is 0.658. The standard InChI is InChI=1S/C16H24N4O5S/c17-26(23,24)14-4-2-13(3-5-14)12-19-16(22)15(21)18-6-1-7-20-8-10-25-11-9-20/h2-5H,1,6-12H2,(H,18,21)(H,19,22)(H2,17,23,24). The molecule has 4 N–H and O–H groups in total. The first-order valence-corrected chi connectivity index (χ1v) is 9.89. The zero-order valence-electron chi connectivity index (χ0n) is 14.4. The van der Waals surface area contributed by atoms with Gasteiger partial charge < -0.3 is 15.4 Å². The minimum absolute atomic E-state index is 0.00872. The van der Waals surface area contributed by atoms with E-state index in [1.807, 2.05) is 0 Å². The highest BCUT2D eigenvalue weighted by Gasteiger charge is 2.14. The molecule has 1 aliphatic rings. The van der Waals surface area contributed by atoms with Gasteiger partial charge in [-0.25, -0.2) is 13.6 Å². The van der Waals surface area contributed by atoms with Crippen molar-refractivity contribution in [1.29, 1.82) is 0 Å². The van der Waals surface area contributed by atoms with E-state index in [1.165, 1.54) is 24.3 Å². The average molecular weight is 384 g/mol. The van der Waals surface area contributed by atoms with Crippen LogP contribution in [0.1, 0.15) is 12.0 Å². The van der Waals surface area contributed by atoms with Crippen LogP contribution in [0.15, 0.2) is 29.2 Å². The number of nitrogens with one attached hydrogen (secondary N) is 2. The van der Waals surface area contributed by atoms with Crippen molar-refractivity contribution in [1.82, 2.24) is 15.5 Å². The summed E-state index contributed by atoms with van der Waals surface area (Å²) in [6.07, 6.45) is 0.758. The third kappa shape index (κ3) is 6.71. The Bertz CT molecular complexity index is 715. The molecule has 2 amide bonds. The fourth-order valence-electron chi connectivity index (χ4n) is 2.47. The Kier molecular flexibility index (Phi) is 7.51. The molecule has 0 spiro atoms. The van der Waals surface area contributed by atoms with Gasteiger partial charge in [-0.2, -0.15) is 0 Å². The number of sulfonamides is 1. The minimum Gasteiger partial charge on any atom is -0.379 e. The van der Waals surface area contributed by atoms with E-state index in [0.717, 1.165) is 39.3 Å². The van der Waals surface area contributed by atoms with Crippen LogP contribution in [-0.2, 0) is 30.9 Å². The maximum Gasteiger partial charge on any atom is 0.309 e. The summed E-state index contributed by atoms with van der Waals surface area (Å²) in [4.78, 5) is 25.8. The van der Waals surface area contributed by atoms with Crippen LogP contribution in [0, 0.1) is 0 Å². The lowest BCUT2D eigenvalue weighted by Crippen LogP contribution is -2.41. The van der Waals surface area contributed by atoms with Gasteiger partial charge in [-0.1, -0.05) is 12.1 Å². The lowest BCUT2D eigenvalue weighted by atomic mass is 10.2. The van der Waals surface area contributed by atoms with Crippen LogP contribution in [0.5, 0.6) is 0 Å². The molecule has 0 bridgehead atoms. The van der Waals surface area contributed by atoms with Gasteiger partial charge in [0.1, 0.15) is 0 Å². The molecule has 0 unspecified atom stereocenters. The van der Waals surface area contributed by atoms with E-state index in [-0.39, 0.29) is 11.4 Å². The summed E-state index contributed by atoms with van der Waals surface area (Å²) in [6, 6.07) is 5.76. The smallest absolute Gasteiger partial charge is 0.309 e. The second-order valence-corrected chi connectivity index (χ2v) is 7.50. The number of carbonyl (C=O) groups is 2. The number of ether oxygens (including phenoxy) is 1. The second-order valence-electron chi connectivity index (χ2n) is 5.94. The molecule has 1 aromatic rings. The monoisotopic (exact) mass is 384 g/mol. The van der Waals surface area contributed by atoms with Crippen molar-refractivity contribution in [2.75, 3.05) is 39.4 Å². The fourth-order valence-corrected chi connectivity index (χ4v) is 2.98. The highest BCUT2D eigenvalue weighted by molar-refractivity contribution is 7.89. The molecular weight excluding hydrogens is 360 g/mol. The number of hydrogen-bond acceptors (Lipinski definition) is 6. The first-order chi connectivity index (χ1) is 12.4. The van der Waals surface area contributed by atoms with E-state index in [2.05, 4.69) is 15.5 Å². The maximum atomic E-state index is 11.8. The molecule has 1 aliphatic heterocycles. The van der Waals surface area contributed by atoms with Crippen LogP contribution in [-0.4, -0.2) is 64.5 Å². The predicted octanol–water partition coefficient (Wildman–Crippen LogP) is -1.21. The highest BCUT2D eigenvalue weighted by atomic mass is 32.2. The van der Waals surface area contributed by atoms with Crippen molar-refractivity contribution >= 4 is 21.8 Å². The van der Waals surface area contributed by atoms with Crippen molar-refractivity contribution in [3.63, 3.8) is 0 Å². The molecule has 0 atom stereocenters.